The summed E-state index contributed by atoms with van der Waals surface area (Å²) in [4.78, 5) is 11.6. The van der Waals surface area contributed by atoms with Gasteiger partial charge in [-0.05, 0) is 18.8 Å². The Kier molecular flexibility index (Phi) is 4.50. The highest BCUT2D eigenvalue weighted by atomic mass is 16.6. The zero-order valence-corrected chi connectivity index (χ0v) is 9.27. The van der Waals surface area contributed by atoms with Crippen molar-refractivity contribution in [3.8, 4) is 0 Å². The smallest absolute Gasteiger partial charge is 0.237 e. The molecule has 0 aliphatic carbocycles. The Bertz CT molecular complexity index is 221. The van der Waals surface area contributed by atoms with Crippen LogP contribution in [0, 0.1) is 5.92 Å². The zero-order valence-electron chi connectivity index (χ0n) is 9.27. The summed E-state index contributed by atoms with van der Waals surface area (Å²) in [6, 6.07) is -0.812. The summed E-state index contributed by atoms with van der Waals surface area (Å²) < 4.78 is 4.93. The van der Waals surface area contributed by atoms with E-state index in [2.05, 4.69) is 5.32 Å². The van der Waals surface area contributed by atoms with Crippen LogP contribution in [0.4, 0.5) is 0 Å². The molecule has 0 radical (unpaired) electrons. The Morgan fingerprint density at radius 3 is 2.80 bits per heavy atom. The molecule has 1 unspecified atom stereocenters. The van der Waals surface area contributed by atoms with Crippen LogP contribution in [0.25, 0.3) is 0 Å². The van der Waals surface area contributed by atoms with Crippen molar-refractivity contribution in [3.05, 3.63) is 0 Å². The van der Waals surface area contributed by atoms with E-state index in [1.54, 1.807) is 0 Å². The van der Waals surface area contributed by atoms with Crippen molar-refractivity contribution < 1.29 is 14.6 Å². The third kappa shape index (κ3) is 3.77. The standard InChI is InChI=1S/C10H20N2O3/c1-6(2)5-7(11)9(13)12-8-3-4-15-10(8)14/h6-8,10,14H,3-5,11H2,1-2H3,(H,12,13)/t7-,8-,10?/m0/s1. The third-order valence-corrected chi connectivity index (χ3v) is 2.45. The number of nitrogens with two attached hydrogens (primary N) is 1. The molecule has 0 aromatic rings. The van der Waals surface area contributed by atoms with E-state index in [-0.39, 0.29) is 11.9 Å². The quantitative estimate of drug-likeness (QED) is 0.596. The molecule has 3 atom stereocenters. The summed E-state index contributed by atoms with van der Waals surface area (Å²) >= 11 is 0. The fourth-order valence-electron chi connectivity index (χ4n) is 1.62. The van der Waals surface area contributed by atoms with E-state index < -0.39 is 12.3 Å². The van der Waals surface area contributed by atoms with Crippen molar-refractivity contribution in [2.45, 2.75) is 45.1 Å². The summed E-state index contributed by atoms with van der Waals surface area (Å²) in [6.45, 7) is 4.51. The van der Waals surface area contributed by atoms with Crippen molar-refractivity contribution in [1.82, 2.24) is 5.32 Å². The van der Waals surface area contributed by atoms with Crippen LogP contribution < -0.4 is 11.1 Å². The van der Waals surface area contributed by atoms with Crippen molar-refractivity contribution in [2.24, 2.45) is 11.7 Å². The molecule has 5 heteroatoms. The molecule has 1 amide bonds. The number of nitrogens with one attached hydrogen (secondary N) is 1. The highest BCUT2D eigenvalue weighted by Gasteiger charge is 2.29. The number of rotatable bonds is 4. The van der Waals surface area contributed by atoms with E-state index in [4.69, 9.17) is 10.5 Å². The molecule has 15 heavy (non-hydrogen) atoms. The Hall–Kier alpha value is -0.650. The van der Waals surface area contributed by atoms with Crippen LogP contribution >= 0.6 is 0 Å². The van der Waals surface area contributed by atoms with Crippen LogP contribution in [0.2, 0.25) is 0 Å². The van der Waals surface area contributed by atoms with Gasteiger partial charge in [0.15, 0.2) is 6.29 Å². The number of carbonyl (C=O) groups excluding carboxylic acids is 1. The van der Waals surface area contributed by atoms with Gasteiger partial charge in [-0.25, -0.2) is 0 Å². The molecule has 1 aliphatic heterocycles. The fourth-order valence-corrected chi connectivity index (χ4v) is 1.62. The zero-order chi connectivity index (χ0) is 11.4. The van der Waals surface area contributed by atoms with Gasteiger partial charge in [-0.2, -0.15) is 0 Å². The molecule has 1 fully saturated rings. The average molecular weight is 216 g/mol. The Morgan fingerprint density at radius 1 is 1.67 bits per heavy atom. The van der Waals surface area contributed by atoms with Crippen LogP contribution in [-0.2, 0) is 9.53 Å². The molecule has 0 spiro atoms. The second kappa shape index (κ2) is 5.44. The van der Waals surface area contributed by atoms with Gasteiger partial charge in [0.2, 0.25) is 5.91 Å². The summed E-state index contributed by atoms with van der Waals surface area (Å²) in [7, 11) is 0. The number of aliphatic hydroxyl groups is 1. The molecule has 1 saturated heterocycles. The lowest BCUT2D eigenvalue weighted by Crippen LogP contribution is -2.48. The molecule has 1 aliphatic rings. The van der Waals surface area contributed by atoms with Crippen molar-refractivity contribution in [1.29, 1.82) is 0 Å². The number of amides is 1. The number of aliphatic hydroxyl groups excluding tert-OH is 1. The third-order valence-electron chi connectivity index (χ3n) is 2.45. The van der Waals surface area contributed by atoms with Crippen molar-refractivity contribution in [3.63, 3.8) is 0 Å². The summed E-state index contributed by atoms with van der Waals surface area (Å²) in [5, 5.41) is 12.0. The molecule has 88 valence electrons. The Morgan fingerprint density at radius 2 is 2.33 bits per heavy atom. The number of hydrogen-bond acceptors (Lipinski definition) is 4. The van der Waals surface area contributed by atoms with E-state index in [9.17, 15) is 9.90 Å². The van der Waals surface area contributed by atoms with E-state index in [1.165, 1.54) is 0 Å². The minimum Gasteiger partial charge on any atom is -0.366 e. The van der Waals surface area contributed by atoms with E-state index in [0.717, 1.165) is 0 Å². The summed E-state index contributed by atoms with van der Waals surface area (Å²) in [5.41, 5.74) is 5.71. The minimum atomic E-state index is -0.889. The lowest BCUT2D eigenvalue weighted by Gasteiger charge is -2.19. The predicted octanol–water partition coefficient (Wildman–Crippen LogP) is -0.417. The molecular formula is C10H20N2O3. The SMILES string of the molecule is CC(C)C[C@H](N)C(=O)N[C@H]1CCOC1O. The molecule has 4 N–H and O–H groups in total. The van der Waals surface area contributed by atoms with Gasteiger partial charge < -0.3 is 20.9 Å². The van der Waals surface area contributed by atoms with Crippen LogP contribution in [0.1, 0.15) is 26.7 Å². The normalized spacial score (nSPS) is 28.1. The number of hydrogen-bond donors (Lipinski definition) is 3. The van der Waals surface area contributed by atoms with E-state index >= 15 is 0 Å². The molecule has 0 aromatic carbocycles. The first-order valence-corrected chi connectivity index (χ1v) is 5.36. The molecule has 5 nitrogen and oxygen atoms in total. The van der Waals surface area contributed by atoms with E-state index in [1.807, 2.05) is 13.8 Å². The van der Waals surface area contributed by atoms with Crippen LogP contribution in [0.3, 0.4) is 0 Å². The van der Waals surface area contributed by atoms with Crippen LogP contribution in [0.5, 0.6) is 0 Å². The lowest BCUT2D eigenvalue weighted by molar-refractivity contribution is -0.126. The molecule has 0 saturated carbocycles. The fraction of sp³-hybridized carbons (Fsp3) is 0.900. The molecule has 1 heterocycles. The summed E-state index contributed by atoms with van der Waals surface area (Å²) in [5.74, 6) is 0.175. The van der Waals surface area contributed by atoms with Crippen molar-refractivity contribution in [2.75, 3.05) is 6.61 Å². The molecule has 1 rings (SSSR count). The van der Waals surface area contributed by atoms with Gasteiger partial charge in [-0.3, -0.25) is 4.79 Å². The number of ether oxygens (including phenoxy) is 1. The van der Waals surface area contributed by atoms with Crippen molar-refractivity contribution >= 4 is 5.91 Å². The maximum absolute atomic E-state index is 11.6. The van der Waals surface area contributed by atoms with Gasteiger partial charge in [0, 0.05) is 0 Å². The first-order valence-electron chi connectivity index (χ1n) is 5.36. The largest absolute Gasteiger partial charge is 0.366 e. The topological polar surface area (TPSA) is 84.6 Å². The molecule has 0 bridgehead atoms. The highest BCUT2D eigenvalue weighted by molar-refractivity contribution is 5.81. The lowest BCUT2D eigenvalue weighted by atomic mass is 10.0. The van der Waals surface area contributed by atoms with Crippen LogP contribution in [0.15, 0.2) is 0 Å². The second-order valence-corrected chi connectivity index (χ2v) is 4.40. The van der Waals surface area contributed by atoms with Gasteiger partial charge in [0.1, 0.15) is 0 Å². The monoisotopic (exact) mass is 216 g/mol. The van der Waals surface area contributed by atoms with Crippen LogP contribution in [-0.4, -0.2) is 36.0 Å². The maximum Gasteiger partial charge on any atom is 0.237 e. The maximum atomic E-state index is 11.6. The van der Waals surface area contributed by atoms with E-state index in [0.29, 0.717) is 25.4 Å². The van der Waals surface area contributed by atoms with Gasteiger partial charge in [-0.15, -0.1) is 0 Å². The summed E-state index contributed by atoms with van der Waals surface area (Å²) in [6.07, 6.45) is 0.400. The minimum absolute atomic E-state index is 0.210. The highest BCUT2D eigenvalue weighted by Crippen LogP contribution is 2.11. The van der Waals surface area contributed by atoms with Gasteiger partial charge in [0.05, 0.1) is 18.7 Å². The Labute approximate surface area is 90.0 Å². The first-order chi connectivity index (χ1) is 7.00. The predicted molar refractivity (Wildman–Crippen MR) is 55.9 cm³/mol. The second-order valence-electron chi connectivity index (χ2n) is 4.40. The first kappa shape index (κ1) is 12.4. The van der Waals surface area contributed by atoms with Gasteiger partial charge in [-0.1, -0.05) is 13.8 Å². The molecular weight excluding hydrogens is 196 g/mol. The van der Waals surface area contributed by atoms with Gasteiger partial charge in [0.25, 0.3) is 0 Å². The average Bonchev–Trinajstić information content (AvgIpc) is 2.50. The molecule has 0 aromatic heterocycles. The Balaban J connectivity index is 2.34. The van der Waals surface area contributed by atoms with Gasteiger partial charge >= 0.3 is 0 Å². The number of carbonyl (C=O) groups is 1.